The molecule has 3 amide bonds. The number of nitrogens with zero attached hydrogens (tertiary/aromatic N) is 2. The lowest BCUT2D eigenvalue weighted by Crippen LogP contribution is -2.33. The number of hydrogen-bond acceptors (Lipinski definition) is 4. The third-order valence-corrected chi connectivity index (χ3v) is 4.71. The van der Waals surface area contributed by atoms with Crippen molar-refractivity contribution in [1.29, 1.82) is 0 Å². The van der Waals surface area contributed by atoms with Crippen molar-refractivity contribution in [2.75, 3.05) is 29.9 Å². The average molecular weight is 381 g/mol. The number of hydrogen-bond donors (Lipinski definition) is 3. The van der Waals surface area contributed by atoms with E-state index in [0.29, 0.717) is 24.3 Å². The van der Waals surface area contributed by atoms with E-state index in [9.17, 15) is 9.59 Å². The minimum Gasteiger partial charge on any atom is -0.371 e. The molecule has 1 aromatic carbocycles. The normalized spacial score (nSPS) is 13.7. The standard InChI is InChI=1S/C21H27N5O2/c1-2-23-21(28)25-17-8-9-19(26-11-4-3-5-12-26)18(13-17)20(27)24-15-16-7-6-10-22-14-16/h6-10,13-14H,2-5,11-12,15H2,1H3,(H,24,27)(H2,23,25,28). The average Bonchev–Trinajstić information content (AvgIpc) is 2.73. The first-order chi connectivity index (χ1) is 13.7. The minimum atomic E-state index is -0.282. The number of aromatic nitrogens is 1. The highest BCUT2D eigenvalue weighted by Crippen LogP contribution is 2.27. The first-order valence-electron chi connectivity index (χ1n) is 9.78. The van der Waals surface area contributed by atoms with Crippen LogP contribution in [-0.2, 0) is 6.54 Å². The molecule has 1 aliphatic rings. The third kappa shape index (κ3) is 5.22. The van der Waals surface area contributed by atoms with Crippen LogP contribution >= 0.6 is 0 Å². The van der Waals surface area contributed by atoms with Crippen LogP contribution in [-0.4, -0.2) is 36.6 Å². The molecule has 3 rings (SSSR count). The number of urea groups is 1. The summed E-state index contributed by atoms with van der Waals surface area (Å²) < 4.78 is 0. The van der Waals surface area contributed by atoms with Crippen molar-refractivity contribution in [2.45, 2.75) is 32.7 Å². The quantitative estimate of drug-likeness (QED) is 0.717. The molecular formula is C21H27N5O2. The summed E-state index contributed by atoms with van der Waals surface area (Å²) in [6.45, 7) is 4.67. The molecular weight excluding hydrogens is 354 g/mol. The summed E-state index contributed by atoms with van der Waals surface area (Å²) in [7, 11) is 0. The summed E-state index contributed by atoms with van der Waals surface area (Å²) in [5.41, 5.74) is 3.01. The predicted molar refractivity (Wildman–Crippen MR) is 111 cm³/mol. The highest BCUT2D eigenvalue weighted by Gasteiger charge is 2.19. The van der Waals surface area contributed by atoms with Gasteiger partial charge in [-0.25, -0.2) is 4.79 Å². The molecule has 7 nitrogen and oxygen atoms in total. The second kappa shape index (κ2) is 9.73. The van der Waals surface area contributed by atoms with E-state index in [0.717, 1.165) is 37.2 Å². The van der Waals surface area contributed by atoms with Gasteiger partial charge in [-0.15, -0.1) is 0 Å². The Morgan fingerprint density at radius 3 is 2.64 bits per heavy atom. The number of rotatable bonds is 6. The maximum Gasteiger partial charge on any atom is 0.319 e. The van der Waals surface area contributed by atoms with Gasteiger partial charge in [0, 0.05) is 49.9 Å². The van der Waals surface area contributed by atoms with E-state index in [-0.39, 0.29) is 11.9 Å². The van der Waals surface area contributed by atoms with E-state index in [2.05, 4.69) is 25.8 Å². The molecule has 0 unspecified atom stereocenters. The Kier molecular flexibility index (Phi) is 6.84. The first kappa shape index (κ1) is 19.7. The third-order valence-electron chi connectivity index (χ3n) is 4.71. The molecule has 1 aromatic heterocycles. The van der Waals surface area contributed by atoms with E-state index in [1.807, 2.05) is 31.2 Å². The van der Waals surface area contributed by atoms with Crippen LogP contribution in [0.4, 0.5) is 16.2 Å². The molecule has 0 spiro atoms. The topological polar surface area (TPSA) is 86.4 Å². The molecule has 1 aliphatic heterocycles. The maximum atomic E-state index is 13.0. The van der Waals surface area contributed by atoms with Crippen LogP contribution in [0, 0.1) is 0 Å². The van der Waals surface area contributed by atoms with Crippen LogP contribution in [0.15, 0.2) is 42.7 Å². The lowest BCUT2D eigenvalue weighted by atomic mass is 10.1. The predicted octanol–water partition coefficient (Wildman–Crippen LogP) is 3.14. The highest BCUT2D eigenvalue weighted by atomic mass is 16.2. The van der Waals surface area contributed by atoms with Gasteiger partial charge in [0.05, 0.1) is 5.56 Å². The molecule has 3 N–H and O–H groups in total. The summed E-state index contributed by atoms with van der Waals surface area (Å²) in [5, 5.41) is 8.45. The molecule has 0 atom stereocenters. The summed E-state index contributed by atoms with van der Waals surface area (Å²) in [6.07, 6.45) is 6.90. The summed E-state index contributed by atoms with van der Waals surface area (Å²) in [6, 6.07) is 9.00. The lowest BCUT2D eigenvalue weighted by molar-refractivity contribution is 0.0951. The Morgan fingerprint density at radius 2 is 1.93 bits per heavy atom. The molecule has 2 aromatic rings. The van der Waals surface area contributed by atoms with Gasteiger partial charge in [0.15, 0.2) is 0 Å². The van der Waals surface area contributed by atoms with Gasteiger partial charge >= 0.3 is 6.03 Å². The second-order valence-electron chi connectivity index (χ2n) is 6.81. The van der Waals surface area contributed by atoms with E-state index in [4.69, 9.17) is 0 Å². The first-order valence-corrected chi connectivity index (χ1v) is 9.78. The number of piperidine rings is 1. The zero-order valence-corrected chi connectivity index (χ0v) is 16.2. The van der Waals surface area contributed by atoms with Crippen molar-refractivity contribution in [2.24, 2.45) is 0 Å². The number of amides is 3. The number of carbonyl (C=O) groups is 2. The zero-order valence-electron chi connectivity index (χ0n) is 16.2. The van der Waals surface area contributed by atoms with Crippen LogP contribution in [0.3, 0.4) is 0 Å². The van der Waals surface area contributed by atoms with Crippen molar-refractivity contribution >= 4 is 23.3 Å². The fraction of sp³-hybridized carbons (Fsp3) is 0.381. The second-order valence-corrected chi connectivity index (χ2v) is 6.81. The minimum absolute atomic E-state index is 0.163. The number of carbonyl (C=O) groups excluding carboxylic acids is 2. The summed E-state index contributed by atoms with van der Waals surface area (Å²) >= 11 is 0. The number of pyridine rings is 1. The monoisotopic (exact) mass is 381 g/mol. The van der Waals surface area contributed by atoms with Crippen molar-refractivity contribution in [1.82, 2.24) is 15.6 Å². The van der Waals surface area contributed by atoms with E-state index >= 15 is 0 Å². The Labute approximate surface area is 165 Å². The van der Waals surface area contributed by atoms with Gasteiger partial charge in [0.25, 0.3) is 5.91 Å². The van der Waals surface area contributed by atoms with Crippen molar-refractivity contribution in [3.8, 4) is 0 Å². The number of benzene rings is 1. The highest BCUT2D eigenvalue weighted by molar-refractivity contribution is 6.02. The van der Waals surface area contributed by atoms with Crippen molar-refractivity contribution in [3.05, 3.63) is 53.9 Å². The smallest absolute Gasteiger partial charge is 0.319 e. The molecule has 1 saturated heterocycles. The molecule has 28 heavy (non-hydrogen) atoms. The Bertz CT molecular complexity index is 804. The molecule has 2 heterocycles. The van der Waals surface area contributed by atoms with Gasteiger partial charge < -0.3 is 20.9 Å². The van der Waals surface area contributed by atoms with Crippen LogP contribution in [0.1, 0.15) is 42.1 Å². The Balaban J connectivity index is 1.80. The number of anilines is 2. The van der Waals surface area contributed by atoms with Crippen molar-refractivity contribution in [3.63, 3.8) is 0 Å². The Morgan fingerprint density at radius 1 is 1.11 bits per heavy atom. The van der Waals surface area contributed by atoms with E-state index in [1.54, 1.807) is 18.5 Å². The molecule has 0 saturated carbocycles. The van der Waals surface area contributed by atoms with Gasteiger partial charge in [0.2, 0.25) is 0 Å². The lowest BCUT2D eigenvalue weighted by Gasteiger charge is -2.30. The molecule has 1 fully saturated rings. The van der Waals surface area contributed by atoms with Crippen LogP contribution < -0.4 is 20.9 Å². The van der Waals surface area contributed by atoms with Crippen LogP contribution in [0.2, 0.25) is 0 Å². The van der Waals surface area contributed by atoms with E-state index in [1.165, 1.54) is 6.42 Å². The SMILES string of the molecule is CCNC(=O)Nc1ccc(N2CCCCC2)c(C(=O)NCc2cccnc2)c1. The fourth-order valence-corrected chi connectivity index (χ4v) is 3.32. The number of nitrogens with one attached hydrogen (secondary N) is 3. The Hall–Kier alpha value is -3.09. The van der Waals surface area contributed by atoms with Gasteiger partial charge in [-0.05, 0) is 56.0 Å². The van der Waals surface area contributed by atoms with E-state index < -0.39 is 0 Å². The van der Waals surface area contributed by atoms with Crippen LogP contribution in [0.5, 0.6) is 0 Å². The van der Waals surface area contributed by atoms with Crippen LogP contribution in [0.25, 0.3) is 0 Å². The van der Waals surface area contributed by atoms with Gasteiger partial charge in [-0.1, -0.05) is 6.07 Å². The molecule has 7 heteroatoms. The molecule has 148 valence electrons. The van der Waals surface area contributed by atoms with Crippen molar-refractivity contribution < 1.29 is 9.59 Å². The summed E-state index contributed by atoms with van der Waals surface area (Å²) in [4.78, 5) is 31.1. The largest absolute Gasteiger partial charge is 0.371 e. The van der Waals surface area contributed by atoms with Gasteiger partial charge in [-0.2, -0.15) is 0 Å². The molecule has 0 aliphatic carbocycles. The molecule has 0 radical (unpaired) electrons. The van der Waals surface area contributed by atoms with Gasteiger partial charge in [0.1, 0.15) is 0 Å². The fourth-order valence-electron chi connectivity index (χ4n) is 3.32. The maximum absolute atomic E-state index is 13.0. The molecule has 0 bridgehead atoms. The summed E-state index contributed by atoms with van der Waals surface area (Å²) in [5.74, 6) is -0.163. The van der Waals surface area contributed by atoms with Gasteiger partial charge in [-0.3, -0.25) is 9.78 Å². The zero-order chi connectivity index (χ0) is 19.8.